The first kappa shape index (κ1) is 15.6. The van der Waals surface area contributed by atoms with Crippen molar-refractivity contribution in [1.29, 1.82) is 0 Å². The van der Waals surface area contributed by atoms with Gasteiger partial charge in [-0.3, -0.25) is 4.79 Å². The number of hydrogen-bond acceptors (Lipinski definition) is 5. The van der Waals surface area contributed by atoms with Gasteiger partial charge in [0.15, 0.2) is 0 Å². The van der Waals surface area contributed by atoms with E-state index in [0.717, 1.165) is 11.4 Å². The fraction of sp³-hybridized carbons (Fsp3) is 0.250. The maximum Gasteiger partial charge on any atom is 0.255 e. The van der Waals surface area contributed by atoms with E-state index in [4.69, 9.17) is 9.47 Å². The Balaban J connectivity index is 2.24. The second-order valence-corrected chi connectivity index (χ2v) is 4.64. The topological polar surface area (TPSA) is 72.5 Å². The van der Waals surface area contributed by atoms with Crippen molar-refractivity contribution < 1.29 is 14.3 Å². The lowest BCUT2D eigenvalue weighted by molar-refractivity contribution is 0.102. The fourth-order valence-corrected chi connectivity index (χ4v) is 2.04. The summed E-state index contributed by atoms with van der Waals surface area (Å²) in [7, 11) is 4.90. The van der Waals surface area contributed by atoms with Crippen LogP contribution < -0.4 is 20.1 Å². The molecule has 1 aromatic carbocycles. The molecule has 0 unspecified atom stereocenters. The molecule has 1 heterocycles. The molecule has 2 rings (SSSR count). The number of anilines is 2. The third-order valence-electron chi connectivity index (χ3n) is 3.29. The van der Waals surface area contributed by atoms with Crippen molar-refractivity contribution in [2.45, 2.75) is 6.92 Å². The largest absolute Gasteiger partial charge is 0.496 e. The Morgan fingerprint density at radius 2 is 1.77 bits per heavy atom. The van der Waals surface area contributed by atoms with Crippen molar-refractivity contribution in [3.63, 3.8) is 0 Å². The summed E-state index contributed by atoms with van der Waals surface area (Å²) in [5.74, 6) is 1.69. The Morgan fingerprint density at radius 1 is 1.14 bits per heavy atom. The average molecular weight is 301 g/mol. The van der Waals surface area contributed by atoms with Crippen LogP contribution in [0.4, 0.5) is 11.5 Å². The summed E-state index contributed by atoms with van der Waals surface area (Å²) in [6, 6.07) is 6.93. The van der Waals surface area contributed by atoms with Gasteiger partial charge in [0.1, 0.15) is 17.3 Å². The number of nitrogens with one attached hydrogen (secondary N) is 2. The summed E-state index contributed by atoms with van der Waals surface area (Å²) in [5.41, 5.74) is 1.92. The summed E-state index contributed by atoms with van der Waals surface area (Å²) in [4.78, 5) is 16.5. The number of nitrogens with zero attached hydrogens (tertiary/aromatic N) is 1. The monoisotopic (exact) mass is 301 g/mol. The third-order valence-corrected chi connectivity index (χ3v) is 3.29. The normalized spacial score (nSPS) is 10.0. The Bertz CT molecular complexity index is 644. The van der Waals surface area contributed by atoms with Crippen molar-refractivity contribution in [3.05, 3.63) is 41.6 Å². The predicted octanol–water partition coefficient (Wildman–Crippen LogP) is 2.70. The molecule has 22 heavy (non-hydrogen) atoms. The molecule has 0 aliphatic rings. The molecule has 0 aliphatic heterocycles. The fourth-order valence-electron chi connectivity index (χ4n) is 2.04. The van der Waals surface area contributed by atoms with E-state index in [9.17, 15) is 4.79 Å². The van der Waals surface area contributed by atoms with Crippen molar-refractivity contribution in [3.8, 4) is 11.5 Å². The van der Waals surface area contributed by atoms with Crippen LogP contribution in [0.25, 0.3) is 0 Å². The van der Waals surface area contributed by atoms with E-state index in [2.05, 4.69) is 15.6 Å². The molecule has 2 N–H and O–H groups in total. The van der Waals surface area contributed by atoms with Gasteiger partial charge in [0, 0.05) is 18.2 Å². The second-order valence-electron chi connectivity index (χ2n) is 4.64. The molecule has 0 bridgehead atoms. The van der Waals surface area contributed by atoms with Crippen LogP contribution in [0.1, 0.15) is 15.9 Å². The molecule has 0 atom stereocenters. The van der Waals surface area contributed by atoms with Gasteiger partial charge in [-0.15, -0.1) is 0 Å². The highest BCUT2D eigenvalue weighted by atomic mass is 16.5. The zero-order valence-corrected chi connectivity index (χ0v) is 13.1. The van der Waals surface area contributed by atoms with E-state index in [0.29, 0.717) is 22.7 Å². The molecular weight excluding hydrogens is 282 g/mol. The average Bonchev–Trinajstić information content (AvgIpc) is 2.55. The van der Waals surface area contributed by atoms with Gasteiger partial charge < -0.3 is 20.1 Å². The van der Waals surface area contributed by atoms with Crippen LogP contribution in [0.3, 0.4) is 0 Å². The molecule has 0 aliphatic carbocycles. The van der Waals surface area contributed by atoms with Crippen LogP contribution in [-0.2, 0) is 0 Å². The Labute approximate surface area is 129 Å². The van der Waals surface area contributed by atoms with Crippen molar-refractivity contribution in [2.24, 2.45) is 0 Å². The molecule has 0 saturated heterocycles. The summed E-state index contributed by atoms with van der Waals surface area (Å²) in [6.07, 6.45) is 1.59. The van der Waals surface area contributed by atoms with Crippen molar-refractivity contribution in [2.75, 3.05) is 31.9 Å². The molecule has 0 spiro atoms. The Hall–Kier alpha value is -2.76. The zero-order valence-electron chi connectivity index (χ0n) is 13.1. The van der Waals surface area contributed by atoms with Gasteiger partial charge in [-0.1, -0.05) is 0 Å². The van der Waals surface area contributed by atoms with Crippen LogP contribution >= 0.6 is 0 Å². The zero-order chi connectivity index (χ0) is 16.1. The number of methoxy groups -OCH3 is 2. The number of rotatable bonds is 5. The highest BCUT2D eigenvalue weighted by Gasteiger charge is 2.14. The van der Waals surface area contributed by atoms with Gasteiger partial charge in [-0.05, 0) is 31.2 Å². The highest BCUT2D eigenvalue weighted by molar-refractivity contribution is 6.04. The summed E-state index contributed by atoms with van der Waals surface area (Å²) in [6.45, 7) is 1.87. The first-order valence-electron chi connectivity index (χ1n) is 6.76. The summed E-state index contributed by atoms with van der Waals surface area (Å²) in [5, 5.41) is 5.71. The second kappa shape index (κ2) is 6.80. The van der Waals surface area contributed by atoms with Crippen LogP contribution in [-0.4, -0.2) is 32.2 Å². The lowest BCUT2D eigenvalue weighted by Crippen LogP contribution is -2.13. The molecule has 116 valence electrons. The number of carbonyl (C=O) groups excluding carboxylic acids is 1. The van der Waals surface area contributed by atoms with Gasteiger partial charge in [-0.2, -0.15) is 0 Å². The molecule has 1 amide bonds. The number of amides is 1. The molecule has 0 fully saturated rings. The molecule has 6 nitrogen and oxygen atoms in total. The van der Waals surface area contributed by atoms with Gasteiger partial charge in [-0.25, -0.2) is 4.98 Å². The van der Waals surface area contributed by atoms with Gasteiger partial charge in [0.05, 0.1) is 26.1 Å². The standard InChI is InChI=1S/C16H19N3O3/c1-10-13(21-3)7-11(8-14(10)22-4)16(20)19-12-5-6-15(17-2)18-9-12/h5-9H,1-4H3,(H,17,18)(H,19,20). The first-order chi connectivity index (χ1) is 10.6. The van der Waals surface area contributed by atoms with E-state index in [1.807, 2.05) is 6.92 Å². The Kier molecular flexibility index (Phi) is 4.83. The van der Waals surface area contributed by atoms with Crippen LogP contribution in [0, 0.1) is 6.92 Å². The van der Waals surface area contributed by atoms with Gasteiger partial charge in [0.25, 0.3) is 5.91 Å². The number of benzene rings is 1. The molecule has 0 radical (unpaired) electrons. The quantitative estimate of drug-likeness (QED) is 0.888. The van der Waals surface area contributed by atoms with E-state index < -0.39 is 0 Å². The molecule has 6 heteroatoms. The Morgan fingerprint density at radius 3 is 2.23 bits per heavy atom. The number of ether oxygens (including phenoxy) is 2. The maximum atomic E-state index is 12.4. The minimum absolute atomic E-state index is 0.254. The van der Waals surface area contributed by atoms with E-state index in [1.165, 1.54) is 0 Å². The van der Waals surface area contributed by atoms with E-state index in [-0.39, 0.29) is 5.91 Å². The lowest BCUT2D eigenvalue weighted by Gasteiger charge is -2.12. The van der Waals surface area contributed by atoms with Crippen molar-refractivity contribution >= 4 is 17.4 Å². The molecule has 1 aromatic heterocycles. The number of carbonyl (C=O) groups is 1. The minimum atomic E-state index is -0.254. The number of pyridine rings is 1. The molecule has 0 saturated carbocycles. The lowest BCUT2D eigenvalue weighted by atomic mass is 10.1. The summed E-state index contributed by atoms with van der Waals surface area (Å²) >= 11 is 0. The highest BCUT2D eigenvalue weighted by Crippen LogP contribution is 2.29. The smallest absolute Gasteiger partial charge is 0.255 e. The van der Waals surface area contributed by atoms with E-state index in [1.54, 1.807) is 51.7 Å². The molecular formula is C16H19N3O3. The third kappa shape index (κ3) is 3.28. The van der Waals surface area contributed by atoms with Crippen molar-refractivity contribution in [1.82, 2.24) is 4.98 Å². The SMILES string of the molecule is CNc1ccc(NC(=O)c2cc(OC)c(C)c(OC)c2)cn1. The minimum Gasteiger partial charge on any atom is -0.496 e. The van der Waals surface area contributed by atoms with Crippen LogP contribution in [0.5, 0.6) is 11.5 Å². The number of hydrogen-bond donors (Lipinski definition) is 2. The van der Waals surface area contributed by atoms with Gasteiger partial charge >= 0.3 is 0 Å². The first-order valence-corrected chi connectivity index (χ1v) is 6.76. The summed E-state index contributed by atoms with van der Waals surface area (Å²) < 4.78 is 10.6. The van der Waals surface area contributed by atoms with Crippen LogP contribution in [0.15, 0.2) is 30.5 Å². The molecule has 2 aromatic rings. The van der Waals surface area contributed by atoms with Gasteiger partial charge in [0.2, 0.25) is 0 Å². The van der Waals surface area contributed by atoms with E-state index >= 15 is 0 Å². The van der Waals surface area contributed by atoms with Crippen LogP contribution in [0.2, 0.25) is 0 Å². The predicted molar refractivity (Wildman–Crippen MR) is 86.0 cm³/mol. The maximum absolute atomic E-state index is 12.4. The number of aromatic nitrogens is 1.